The molecule has 0 aromatic rings. The van der Waals surface area contributed by atoms with Crippen LogP contribution in [0.1, 0.15) is 386 Å². The van der Waals surface area contributed by atoms with Gasteiger partial charge in [0.05, 0.1) is 25.4 Å². The number of rotatable bonds is 67. The molecule has 0 saturated carbocycles. The molecule has 0 aliphatic carbocycles. The number of carbonyl (C=O) groups is 2. The molecule has 0 heterocycles. The van der Waals surface area contributed by atoms with Crippen LogP contribution in [0.3, 0.4) is 0 Å². The van der Waals surface area contributed by atoms with Gasteiger partial charge in [0.25, 0.3) is 0 Å². The average Bonchev–Trinajstić information content (AvgIpc) is 3.46. The standard InChI is InChI=1S/C74H139NO5/c1-3-5-7-9-11-13-15-17-19-38-42-46-50-54-58-62-66-72(77)71(70-76)75-73(78)67-63-59-55-51-47-43-39-36-34-32-30-28-26-24-22-21-23-25-27-29-31-33-35-37-41-45-49-53-57-61-65-69-80-74(79)68-64-60-56-52-48-44-40-20-18-16-14-12-10-8-6-4-2/h20,23,25,29,31,40,62,66,71-72,76-77H,3-19,21-22,24,26-28,30,32-39,41-61,63-65,67-70H2,1-2H3,(H,75,78)/b25-23-,31-29-,40-20-,66-62+. The molecule has 1 amide bonds. The van der Waals surface area contributed by atoms with Crippen molar-refractivity contribution >= 4 is 11.9 Å². The predicted octanol–water partition coefficient (Wildman–Crippen LogP) is 23.3. The van der Waals surface area contributed by atoms with Gasteiger partial charge >= 0.3 is 5.97 Å². The maximum atomic E-state index is 12.5. The molecule has 0 spiro atoms. The summed E-state index contributed by atoms with van der Waals surface area (Å²) in [5.74, 6) is -0.0597. The Hall–Kier alpha value is -2.18. The third-order valence-corrected chi connectivity index (χ3v) is 16.6. The van der Waals surface area contributed by atoms with Gasteiger partial charge in [-0.15, -0.1) is 0 Å². The van der Waals surface area contributed by atoms with Gasteiger partial charge in [-0.25, -0.2) is 0 Å². The van der Waals surface area contributed by atoms with E-state index in [0.717, 1.165) is 51.4 Å². The van der Waals surface area contributed by atoms with E-state index in [4.69, 9.17) is 4.74 Å². The lowest BCUT2D eigenvalue weighted by Crippen LogP contribution is -2.45. The van der Waals surface area contributed by atoms with Crippen LogP contribution in [0.15, 0.2) is 48.6 Å². The Kier molecular flexibility index (Phi) is 67.4. The molecular formula is C74H139NO5. The molecule has 80 heavy (non-hydrogen) atoms. The first-order valence-electron chi connectivity index (χ1n) is 35.9. The summed E-state index contributed by atoms with van der Waals surface area (Å²) in [4.78, 5) is 24.6. The second-order valence-corrected chi connectivity index (χ2v) is 24.6. The summed E-state index contributed by atoms with van der Waals surface area (Å²) in [6.45, 7) is 4.92. The van der Waals surface area contributed by atoms with Gasteiger partial charge < -0.3 is 20.3 Å². The van der Waals surface area contributed by atoms with Gasteiger partial charge in [-0.3, -0.25) is 9.59 Å². The highest BCUT2D eigenvalue weighted by atomic mass is 16.5. The molecule has 6 heteroatoms. The number of amides is 1. The Morgan fingerprint density at radius 3 is 0.963 bits per heavy atom. The Morgan fingerprint density at radius 1 is 0.350 bits per heavy atom. The van der Waals surface area contributed by atoms with Crippen LogP contribution in [0, 0.1) is 0 Å². The van der Waals surface area contributed by atoms with Crippen molar-refractivity contribution in [3.8, 4) is 0 Å². The fraction of sp³-hybridized carbons (Fsp3) is 0.865. The number of aliphatic hydroxyl groups excluding tert-OH is 2. The molecule has 0 fully saturated rings. The quantitative estimate of drug-likeness (QED) is 0.0320. The maximum absolute atomic E-state index is 12.5. The molecular weight excluding hydrogens is 983 g/mol. The summed E-state index contributed by atoms with van der Waals surface area (Å²) in [7, 11) is 0. The van der Waals surface area contributed by atoms with Gasteiger partial charge in [-0.05, 0) is 89.9 Å². The zero-order valence-electron chi connectivity index (χ0n) is 53.8. The van der Waals surface area contributed by atoms with Crippen LogP contribution in [0.25, 0.3) is 0 Å². The van der Waals surface area contributed by atoms with Crippen LogP contribution in [-0.2, 0) is 14.3 Å². The lowest BCUT2D eigenvalue weighted by atomic mass is 10.0. The smallest absolute Gasteiger partial charge is 0.305 e. The van der Waals surface area contributed by atoms with Gasteiger partial charge in [0.15, 0.2) is 0 Å². The molecule has 0 radical (unpaired) electrons. The van der Waals surface area contributed by atoms with Gasteiger partial charge in [0.2, 0.25) is 5.91 Å². The number of unbranched alkanes of at least 4 members (excludes halogenated alkanes) is 50. The molecule has 0 aromatic carbocycles. The molecule has 0 aromatic heterocycles. The van der Waals surface area contributed by atoms with Crippen LogP contribution >= 0.6 is 0 Å². The van der Waals surface area contributed by atoms with Gasteiger partial charge in [0, 0.05) is 12.8 Å². The average molecular weight is 1120 g/mol. The Balaban J connectivity index is 3.41. The molecule has 0 rings (SSSR count). The van der Waals surface area contributed by atoms with E-state index in [9.17, 15) is 19.8 Å². The second-order valence-electron chi connectivity index (χ2n) is 24.6. The third kappa shape index (κ3) is 65.0. The first kappa shape index (κ1) is 77.8. The minimum absolute atomic E-state index is 0.00566. The zero-order valence-corrected chi connectivity index (χ0v) is 53.8. The number of aliphatic hydroxyl groups is 2. The molecule has 6 nitrogen and oxygen atoms in total. The molecule has 0 aliphatic heterocycles. The number of allylic oxidation sites excluding steroid dienone is 7. The van der Waals surface area contributed by atoms with Crippen molar-refractivity contribution in [2.45, 2.75) is 398 Å². The fourth-order valence-corrected chi connectivity index (χ4v) is 11.1. The lowest BCUT2D eigenvalue weighted by Gasteiger charge is -2.20. The van der Waals surface area contributed by atoms with E-state index in [1.54, 1.807) is 6.08 Å². The maximum Gasteiger partial charge on any atom is 0.305 e. The first-order valence-corrected chi connectivity index (χ1v) is 35.9. The molecule has 2 unspecified atom stereocenters. The van der Waals surface area contributed by atoms with Crippen molar-refractivity contribution in [1.82, 2.24) is 5.32 Å². The number of hydrogen-bond donors (Lipinski definition) is 3. The normalized spacial score (nSPS) is 12.8. The van der Waals surface area contributed by atoms with Crippen LogP contribution in [0.5, 0.6) is 0 Å². The molecule has 470 valence electrons. The molecule has 0 saturated heterocycles. The minimum Gasteiger partial charge on any atom is -0.466 e. The van der Waals surface area contributed by atoms with Crippen molar-refractivity contribution in [2.24, 2.45) is 0 Å². The first-order chi connectivity index (χ1) is 39.5. The van der Waals surface area contributed by atoms with E-state index < -0.39 is 12.1 Å². The van der Waals surface area contributed by atoms with Crippen molar-refractivity contribution < 1.29 is 24.5 Å². The van der Waals surface area contributed by atoms with Gasteiger partial charge in [-0.1, -0.05) is 332 Å². The highest BCUT2D eigenvalue weighted by molar-refractivity contribution is 5.76. The summed E-state index contributed by atoms with van der Waals surface area (Å²) < 4.78 is 5.49. The Labute approximate surface area is 499 Å². The number of ether oxygens (including phenoxy) is 1. The number of hydrogen-bond acceptors (Lipinski definition) is 5. The largest absolute Gasteiger partial charge is 0.466 e. The summed E-state index contributed by atoms with van der Waals surface area (Å²) in [5.41, 5.74) is 0. The third-order valence-electron chi connectivity index (χ3n) is 16.6. The summed E-state index contributed by atoms with van der Waals surface area (Å²) in [6.07, 6.45) is 90.5. The number of esters is 1. The van der Waals surface area contributed by atoms with Crippen LogP contribution < -0.4 is 5.32 Å². The predicted molar refractivity (Wildman–Crippen MR) is 352 cm³/mol. The summed E-state index contributed by atoms with van der Waals surface area (Å²) in [6, 6.07) is -0.628. The van der Waals surface area contributed by atoms with E-state index >= 15 is 0 Å². The van der Waals surface area contributed by atoms with E-state index in [1.165, 1.54) is 308 Å². The summed E-state index contributed by atoms with van der Waals surface area (Å²) >= 11 is 0. The Morgan fingerprint density at radius 2 is 0.625 bits per heavy atom. The minimum atomic E-state index is -0.845. The monoisotopic (exact) mass is 1120 g/mol. The molecule has 3 N–H and O–H groups in total. The van der Waals surface area contributed by atoms with Crippen molar-refractivity contribution in [3.05, 3.63) is 48.6 Å². The van der Waals surface area contributed by atoms with Gasteiger partial charge in [-0.2, -0.15) is 0 Å². The molecule has 2 atom stereocenters. The molecule has 0 aliphatic rings. The van der Waals surface area contributed by atoms with Crippen LogP contribution in [0.2, 0.25) is 0 Å². The van der Waals surface area contributed by atoms with E-state index in [2.05, 4.69) is 55.6 Å². The van der Waals surface area contributed by atoms with E-state index in [1.807, 2.05) is 6.08 Å². The fourth-order valence-electron chi connectivity index (χ4n) is 11.1. The number of carbonyl (C=O) groups excluding carboxylic acids is 2. The zero-order chi connectivity index (χ0) is 57.8. The lowest BCUT2D eigenvalue weighted by molar-refractivity contribution is -0.143. The Bertz CT molecular complexity index is 1340. The second kappa shape index (κ2) is 69.3. The van der Waals surface area contributed by atoms with Crippen LogP contribution in [-0.4, -0.2) is 47.4 Å². The number of nitrogens with one attached hydrogen (secondary N) is 1. The van der Waals surface area contributed by atoms with Crippen molar-refractivity contribution in [2.75, 3.05) is 13.2 Å². The van der Waals surface area contributed by atoms with E-state index in [0.29, 0.717) is 19.4 Å². The van der Waals surface area contributed by atoms with Gasteiger partial charge in [0.1, 0.15) is 0 Å². The van der Waals surface area contributed by atoms with Crippen LogP contribution in [0.4, 0.5) is 0 Å². The topological polar surface area (TPSA) is 95.9 Å². The highest BCUT2D eigenvalue weighted by Crippen LogP contribution is 2.18. The highest BCUT2D eigenvalue weighted by Gasteiger charge is 2.18. The SMILES string of the molecule is CCCCCCCCC/C=C\CCCCCCCC(=O)OCCCCCCCCCCC/C=C\C/C=C\CCCCCCCCCCCCCCCCCC(=O)NC(CO)C(O)/C=C/CCCCCCCCCCCCCCCC. The van der Waals surface area contributed by atoms with Crippen molar-refractivity contribution in [1.29, 1.82) is 0 Å². The van der Waals surface area contributed by atoms with Crippen molar-refractivity contribution in [3.63, 3.8) is 0 Å². The van der Waals surface area contributed by atoms with E-state index in [-0.39, 0.29) is 18.5 Å². The molecule has 0 bridgehead atoms. The summed E-state index contributed by atoms with van der Waals surface area (Å²) in [5, 5.41) is 23.2.